The fourth-order valence-corrected chi connectivity index (χ4v) is 3.21. The monoisotopic (exact) mass is 379 g/mol. The zero-order valence-electron chi connectivity index (χ0n) is 15.3. The van der Waals surface area contributed by atoms with E-state index < -0.39 is 6.04 Å². The lowest BCUT2D eigenvalue weighted by Crippen LogP contribution is -2.31. The number of benzene rings is 2. The van der Waals surface area contributed by atoms with E-state index in [1.165, 1.54) is 30.6 Å². The summed E-state index contributed by atoms with van der Waals surface area (Å²) in [6.07, 6.45) is 1.44. The molecule has 3 aromatic rings. The number of ether oxygens (including phenoxy) is 1. The van der Waals surface area contributed by atoms with Crippen LogP contribution >= 0.6 is 0 Å². The molecule has 1 aliphatic rings. The van der Waals surface area contributed by atoms with Gasteiger partial charge in [-0.15, -0.1) is 0 Å². The number of nitrogens with zero attached hydrogens (tertiary/aromatic N) is 3. The molecule has 1 amide bonds. The maximum atomic E-state index is 13.2. The zero-order chi connectivity index (χ0) is 19.7. The van der Waals surface area contributed by atoms with Crippen LogP contribution in [0, 0.1) is 5.82 Å². The summed E-state index contributed by atoms with van der Waals surface area (Å²) in [6.45, 7) is 1.81. The average Bonchev–Trinajstić information content (AvgIpc) is 3.16. The first-order chi connectivity index (χ1) is 13.6. The van der Waals surface area contributed by atoms with Crippen molar-refractivity contribution in [2.24, 2.45) is 0 Å². The molecule has 0 fully saturated rings. The van der Waals surface area contributed by atoms with E-state index in [-0.39, 0.29) is 11.7 Å². The Hall–Kier alpha value is -3.68. The van der Waals surface area contributed by atoms with Gasteiger partial charge in [-0.25, -0.2) is 9.07 Å². The van der Waals surface area contributed by atoms with Crippen LogP contribution in [0.1, 0.15) is 18.5 Å². The predicted octanol–water partition coefficient (Wildman–Crippen LogP) is 3.35. The number of allylic oxidation sites excluding steroid dienone is 1. The molecule has 1 atom stereocenters. The van der Waals surface area contributed by atoms with Crippen LogP contribution in [0.4, 0.5) is 16.0 Å². The highest BCUT2D eigenvalue weighted by Crippen LogP contribution is 2.35. The van der Waals surface area contributed by atoms with E-state index in [9.17, 15) is 9.18 Å². The maximum Gasteiger partial charge on any atom is 0.255 e. The molecule has 0 spiro atoms. The number of hydrogen-bond acceptors (Lipinski definition) is 5. The van der Waals surface area contributed by atoms with Crippen molar-refractivity contribution in [1.29, 1.82) is 0 Å². The molecular formula is C20H18FN5O2. The van der Waals surface area contributed by atoms with Crippen LogP contribution in [0.2, 0.25) is 0 Å². The van der Waals surface area contributed by atoms with Crippen LogP contribution in [-0.2, 0) is 4.79 Å². The van der Waals surface area contributed by atoms with E-state index in [1.54, 1.807) is 11.8 Å². The van der Waals surface area contributed by atoms with E-state index in [0.717, 1.165) is 11.3 Å². The van der Waals surface area contributed by atoms with Gasteiger partial charge in [-0.3, -0.25) is 4.79 Å². The van der Waals surface area contributed by atoms with Crippen LogP contribution in [0.25, 0.3) is 0 Å². The molecular weight excluding hydrogens is 361 g/mol. The first-order valence-corrected chi connectivity index (χ1v) is 8.65. The number of halogens is 1. The Morgan fingerprint density at radius 3 is 2.57 bits per heavy atom. The molecule has 0 aliphatic carbocycles. The first-order valence-electron chi connectivity index (χ1n) is 8.65. The van der Waals surface area contributed by atoms with Crippen molar-refractivity contribution in [2.45, 2.75) is 13.0 Å². The van der Waals surface area contributed by atoms with Crippen molar-refractivity contribution in [3.63, 3.8) is 0 Å². The molecule has 0 radical (unpaired) electrons. The van der Waals surface area contributed by atoms with E-state index in [1.807, 2.05) is 31.2 Å². The Bertz CT molecular complexity index is 1040. The molecule has 2 heterocycles. The van der Waals surface area contributed by atoms with Crippen molar-refractivity contribution in [3.05, 3.63) is 77.5 Å². The summed E-state index contributed by atoms with van der Waals surface area (Å²) < 4.78 is 20.0. The van der Waals surface area contributed by atoms with E-state index in [0.29, 0.717) is 22.9 Å². The summed E-state index contributed by atoms with van der Waals surface area (Å²) in [5.41, 5.74) is 2.52. The molecule has 7 nitrogen and oxygen atoms in total. The lowest BCUT2D eigenvalue weighted by atomic mass is 9.95. The van der Waals surface area contributed by atoms with Gasteiger partial charge in [-0.1, -0.05) is 12.1 Å². The summed E-state index contributed by atoms with van der Waals surface area (Å²) >= 11 is 0. The van der Waals surface area contributed by atoms with Gasteiger partial charge in [-0.2, -0.15) is 10.1 Å². The summed E-state index contributed by atoms with van der Waals surface area (Å²) in [4.78, 5) is 17.3. The molecule has 142 valence electrons. The fraction of sp³-hybridized carbons (Fsp3) is 0.150. The number of rotatable bonds is 4. The Labute approximate surface area is 160 Å². The van der Waals surface area contributed by atoms with Gasteiger partial charge < -0.3 is 15.4 Å². The van der Waals surface area contributed by atoms with E-state index >= 15 is 0 Å². The number of nitrogens with one attached hydrogen (secondary N) is 2. The van der Waals surface area contributed by atoms with Gasteiger partial charge >= 0.3 is 0 Å². The third-order valence-electron chi connectivity index (χ3n) is 4.57. The van der Waals surface area contributed by atoms with Crippen LogP contribution in [0.3, 0.4) is 0 Å². The van der Waals surface area contributed by atoms with Crippen LogP contribution in [0.5, 0.6) is 5.75 Å². The molecule has 1 aliphatic heterocycles. The second-order valence-electron chi connectivity index (χ2n) is 6.33. The number of amides is 1. The van der Waals surface area contributed by atoms with Crippen molar-refractivity contribution in [3.8, 4) is 5.75 Å². The van der Waals surface area contributed by atoms with Gasteiger partial charge in [0, 0.05) is 11.4 Å². The number of anilines is 2. The van der Waals surface area contributed by atoms with E-state index in [4.69, 9.17) is 4.74 Å². The molecule has 4 rings (SSSR count). The third kappa shape index (κ3) is 3.20. The zero-order valence-corrected chi connectivity index (χ0v) is 15.3. The van der Waals surface area contributed by atoms with E-state index in [2.05, 4.69) is 20.7 Å². The smallest absolute Gasteiger partial charge is 0.255 e. The molecule has 0 saturated heterocycles. The number of aromatic nitrogens is 3. The molecule has 0 bridgehead atoms. The van der Waals surface area contributed by atoms with Gasteiger partial charge in [0.05, 0.1) is 12.7 Å². The van der Waals surface area contributed by atoms with Crippen molar-refractivity contribution >= 4 is 17.5 Å². The maximum absolute atomic E-state index is 13.2. The Balaban J connectivity index is 1.73. The summed E-state index contributed by atoms with van der Waals surface area (Å²) in [6, 6.07) is 12.6. The quantitative estimate of drug-likeness (QED) is 0.727. The van der Waals surface area contributed by atoms with Gasteiger partial charge in [0.2, 0.25) is 5.95 Å². The minimum absolute atomic E-state index is 0.307. The normalized spacial score (nSPS) is 15.6. The predicted molar refractivity (Wildman–Crippen MR) is 103 cm³/mol. The SMILES string of the molecule is COc1ccc(C2C(C(=O)Nc3ccc(F)cc3)=C(C)Nc3ncnn32)cc1. The lowest BCUT2D eigenvalue weighted by Gasteiger charge is -2.28. The number of hydrogen-bond donors (Lipinski definition) is 2. The van der Waals surface area contributed by atoms with Crippen molar-refractivity contribution in [1.82, 2.24) is 14.8 Å². The van der Waals surface area contributed by atoms with Crippen molar-refractivity contribution < 1.29 is 13.9 Å². The van der Waals surface area contributed by atoms with Gasteiger partial charge in [-0.05, 0) is 48.9 Å². The Morgan fingerprint density at radius 2 is 1.89 bits per heavy atom. The largest absolute Gasteiger partial charge is 0.497 e. The molecule has 1 aromatic heterocycles. The minimum Gasteiger partial charge on any atom is -0.497 e. The number of fused-ring (bicyclic) bond motifs is 1. The number of carbonyl (C=O) groups excluding carboxylic acids is 1. The number of carbonyl (C=O) groups is 1. The summed E-state index contributed by atoms with van der Waals surface area (Å²) in [5.74, 6) is 0.598. The highest BCUT2D eigenvalue weighted by atomic mass is 19.1. The van der Waals surface area contributed by atoms with Crippen LogP contribution in [0.15, 0.2) is 66.1 Å². The minimum atomic E-state index is -0.467. The fourth-order valence-electron chi connectivity index (χ4n) is 3.21. The van der Waals surface area contributed by atoms with Crippen LogP contribution in [-0.4, -0.2) is 27.8 Å². The summed E-state index contributed by atoms with van der Waals surface area (Å²) in [5, 5.41) is 10.2. The highest BCUT2D eigenvalue weighted by molar-refractivity contribution is 6.06. The second kappa shape index (κ2) is 7.15. The first kappa shape index (κ1) is 17.7. The molecule has 0 saturated carbocycles. The molecule has 28 heavy (non-hydrogen) atoms. The van der Waals surface area contributed by atoms with Gasteiger partial charge in [0.1, 0.15) is 23.9 Å². The Kier molecular flexibility index (Phi) is 4.52. The molecule has 1 unspecified atom stereocenters. The lowest BCUT2D eigenvalue weighted by molar-refractivity contribution is -0.113. The Morgan fingerprint density at radius 1 is 1.18 bits per heavy atom. The number of methoxy groups -OCH3 is 1. The standard InChI is InChI=1S/C20H18FN5O2/c1-12-17(19(27)25-15-7-5-14(21)6-8-15)18(26-20(24-12)22-11-23-26)13-3-9-16(28-2)10-4-13/h3-11,18H,1-2H3,(H,25,27)(H,22,23,24). The molecule has 2 aromatic carbocycles. The summed E-state index contributed by atoms with van der Waals surface area (Å²) in [7, 11) is 1.60. The van der Waals surface area contributed by atoms with Gasteiger partial charge in [0.15, 0.2) is 0 Å². The van der Waals surface area contributed by atoms with Crippen LogP contribution < -0.4 is 15.4 Å². The third-order valence-corrected chi connectivity index (χ3v) is 4.57. The molecule has 8 heteroatoms. The van der Waals surface area contributed by atoms with Gasteiger partial charge in [0.25, 0.3) is 5.91 Å². The topological polar surface area (TPSA) is 81.1 Å². The molecule has 2 N–H and O–H groups in total. The van der Waals surface area contributed by atoms with Crippen molar-refractivity contribution in [2.75, 3.05) is 17.7 Å². The average molecular weight is 379 g/mol. The second-order valence-corrected chi connectivity index (χ2v) is 6.33. The highest BCUT2D eigenvalue weighted by Gasteiger charge is 2.33.